The van der Waals surface area contributed by atoms with Gasteiger partial charge in [-0.2, -0.15) is 0 Å². The molecule has 0 spiro atoms. The Morgan fingerprint density at radius 2 is 1.70 bits per heavy atom. The van der Waals surface area contributed by atoms with Crippen molar-refractivity contribution in [1.82, 2.24) is 0 Å². The molecule has 1 aromatic heterocycles. The van der Waals surface area contributed by atoms with Gasteiger partial charge in [-0.25, -0.2) is 0 Å². The Bertz CT molecular complexity index is 606. The summed E-state index contributed by atoms with van der Waals surface area (Å²) in [5, 5.41) is 0.788. The van der Waals surface area contributed by atoms with Crippen molar-refractivity contribution in [1.29, 1.82) is 0 Å². The number of benzene rings is 1. The van der Waals surface area contributed by atoms with Crippen LogP contribution in [0.5, 0.6) is 0 Å². The first kappa shape index (κ1) is 17.5. The van der Waals surface area contributed by atoms with E-state index in [0.29, 0.717) is 9.58 Å². The van der Waals surface area contributed by atoms with Crippen LogP contribution in [0.25, 0.3) is 10.1 Å². The minimum Gasteiger partial charge on any atom is -1.00 e. The summed E-state index contributed by atoms with van der Waals surface area (Å²) in [6, 6.07) is 7.05. The van der Waals surface area contributed by atoms with E-state index in [9.17, 15) is 13.2 Å². The number of rotatable bonds is 1. The fraction of sp³-hybridized carbons (Fsp3) is 0.467. The maximum Gasteiger partial charge on any atom is 0.600 e. The molecular weight excluding hydrogens is 349 g/mol. The van der Waals surface area contributed by atoms with E-state index in [2.05, 4.69) is 0 Å². The summed E-state index contributed by atoms with van der Waals surface area (Å²) < 4.78 is 40.7. The lowest BCUT2D eigenvalue weighted by Crippen LogP contribution is -3.00. The minimum atomic E-state index is -4.20. The highest BCUT2D eigenvalue weighted by atomic mass is 79.9. The minimum absolute atomic E-state index is 0. The van der Waals surface area contributed by atoms with Crippen LogP contribution in [-0.4, -0.2) is 0 Å². The number of fused-ring (bicyclic) bond motifs is 1. The van der Waals surface area contributed by atoms with Gasteiger partial charge in [0.1, 0.15) is 0 Å². The number of thiophene rings is 1. The largest absolute Gasteiger partial charge is 1.00 e. The fourth-order valence-electron chi connectivity index (χ4n) is 2.32. The van der Waals surface area contributed by atoms with Gasteiger partial charge in [0.05, 0.1) is 10.5 Å². The van der Waals surface area contributed by atoms with Crippen molar-refractivity contribution in [2.75, 3.05) is 0 Å². The first-order chi connectivity index (χ1) is 8.66. The molecule has 1 heterocycles. The molecule has 112 valence electrons. The van der Waals surface area contributed by atoms with E-state index >= 15 is 0 Å². The highest BCUT2D eigenvalue weighted by Gasteiger charge is 2.50. The second-order valence-electron chi connectivity index (χ2n) is 5.69. The van der Waals surface area contributed by atoms with Crippen molar-refractivity contribution in [2.24, 2.45) is 0 Å². The SMILES string of the molecule is CCc1cccc2c1cc(C(C)(C)C)[s+]2C(F)(F)F.[Br-]. The van der Waals surface area contributed by atoms with Gasteiger partial charge in [0.15, 0.2) is 9.58 Å². The lowest BCUT2D eigenvalue weighted by molar-refractivity contribution is -0.0869. The zero-order valence-electron chi connectivity index (χ0n) is 11.9. The predicted octanol–water partition coefficient (Wildman–Crippen LogP) is 2.93. The third-order valence-electron chi connectivity index (χ3n) is 3.22. The smallest absolute Gasteiger partial charge is 0.600 e. The summed E-state index contributed by atoms with van der Waals surface area (Å²) in [5.41, 5.74) is -3.67. The van der Waals surface area contributed by atoms with Gasteiger partial charge in [0.2, 0.25) is 0 Å². The molecule has 0 nitrogen and oxygen atoms in total. The number of hydrogen-bond donors (Lipinski definition) is 0. The molecule has 20 heavy (non-hydrogen) atoms. The highest BCUT2D eigenvalue weighted by molar-refractivity contribution is 7.38. The zero-order chi connectivity index (χ0) is 14.4. The van der Waals surface area contributed by atoms with Crippen molar-refractivity contribution in [3.63, 3.8) is 0 Å². The monoisotopic (exact) mass is 366 g/mol. The molecule has 1 atom stereocenters. The van der Waals surface area contributed by atoms with Gasteiger partial charge < -0.3 is 17.0 Å². The summed E-state index contributed by atoms with van der Waals surface area (Å²) in [6.45, 7) is 7.52. The summed E-state index contributed by atoms with van der Waals surface area (Å²) in [6.07, 6.45) is 0.756. The molecular formula is C15H18BrF3S. The van der Waals surface area contributed by atoms with Gasteiger partial charge >= 0.3 is 5.51 Å². The third-order valence-corrected chi connectivity index (χ3v) is 5.65. The molecule has 2 rings (SSSR count). The molecule has 5 heteroatoms. The highest BCUT2D eigenvalue weighted by Crippen LogP contribution is 2.54. The number of hydrogen-bond acceptors (Lipinski definition) is 0. The molecule has 0 amide bonds. The number of halogens is 4. The van der Waals surface area contributed by atoms with Crippen LogP contribution in [0, 0.1) is 0 Å². The first-order valence-corrected chi connectivity index (χ1v) is 7.54. The van der Waals surface area contributed by atoms with E-state index in [1.165, 1.54) is 0 Å². The zero-order valence-corrected chi connectivity index (χ0v) is 14.3. The van der Waals surface area contributed by atoms with Crippen LogP contribution in [0.15, 0.2) is 24.3 Å². The summed E-state index contributed by atoms with van der Waals surface area (Å²) >= 11 is 0. The van der Waals surface area contributed by atoms with Gasteiger partial charge in [0, 0.05) is 16.9 Å². The van der Waals surface area contributed by atoms with Crippen LogP contribution in [-0.2, 0) is 17.3 Å². The Kier molecular flexibility index (Phi) is 4.97. The quantitative estimate of drug-likeness (QED) is 0.680. The Morgan fingerprint density at radius 1 is 1.10 bits per heavy atom. The van der Waals surface area contributed by atoms with Crippen LogP contribution < -0.4 is 17.0 Å². The van der Waals surface area contributed by atoms with E-state index in [4.69, 9.17) is 0 Å². The van der Waals surface area contributed by atoms with E-state index in [0.717, 1.165) is 17.4 Å². The molecule has 1 aromatic carbocycles. The topological polar surface area (TPSA) is 0 Å². The maximum atomic E-state index is 13.4. The van der Waals surface area contributed by atoms with Crippen LogP contribution in [0.3, 0.4) is 0 Å². The molecule has 0 aliphatic carbocycles. The van der Waals surface area contributed by atoms with Gasteiger partial charge in [-0.15, -0.1) is 13.2 Å². The van der Waals surface area contributed by atoms with Crippen molar-refractivity contribution in [3.8, 4) is 0 Å². The van der Waals surface area contributed by atoms with Crippen molar-refractivity contribution in [2.45, 2.75) is 45.0 Å². The molecule has 0 saturated heterocycles. The van der Waals surface area contributed by atoms with Crippen LogP contribution in [0.4, 0.5) is 13.2 Å². The summed E-state index contributed by atoms with van der Waals surface area (Å²) in [5.74, 6) is 0. The molecule has 0 aliphatic rings. The fourth-order valence-corrected chi connectivity index (χ4v) is 4.53. The van der Waals surface area contributed by atoms with Crippen LogP contribution in [0.1, 0.15) is 38.1 Å². The van der Waals surface area contributed by atoms with Crippen molar-refractivity contribution >= 4 is 20.6 Å². The third kappa shape index (κ3) is 3.03. The molecule has 0 radical (unpaired) electrons. The Labute approximate surface area is 130 Å². The van der Waals surface area contributed by atoms with Crippen LogP contribution >= 0.6 is 10.5 Å². The predicted molar refractivity (Wildman–Crippen MR) is 75.8 cm³/mol. The van der Waals surface area contributed by atoms with E-state index in [1.807, 2.05) is 33.8 Å². The Balaban J connectivity index is 0.00000200. The maximum absolute atomic E-state index is 13.4. The first-order valence-electron chi connectivity index (χ1n) is 6.31. The molecule has 1 unspecified atom stereocenters. The van der Waals surface area contributed by atoms with Gasteiger partial charge in [-0.05, 0) is 18.1 Å². The van der Waals surface area contributed by atoms with Crippen molar-refractivity contribution < 1.29 is 30.2 Å². The molecule has 0 saturated carbocycles. The molecule has 0 bridgehead atoms. The lowest BCUT2D eigenvalue weighted by atomic mass is 9.94. The number of alkyl halides is 3. The normalized spacial score (nSPS) is 13.4. The standard InChI is InChI=1S/C15H18F3S.BrH/c1-5-10-7-6-8-12-11(10)9-13(14(2,3)4)19(12)15(16,17)18;/h6-9H,5H2,1-4H3;1H/q+1;/p-1. The molecule has 0 aliphatic heterocycles. The van der Waals surface area contributed by atoms with Gasteiger partial charge in [0.25, 0.3) is 0 Å². The summed E-state index contributed by atoms with van der Waals surface area (Å²) in [7, 11) is -1.78. The van der Waals surface area contributed by atoms with Crippen LogP contribution in [0.2, 0.25) is 0 Å². The Hall–Kier alpha value is -0.550. The van der Waals surface area contributed by atoms with Gasteiger partial charge in [-0.3, -0.25) is 0 Å². The second-order valence-corrected chi connectivity index (χ2v) is 7.65. The molecule has 0 fully saturated rings. The molecule has 2 aromatic rings. The second kappa shape index (κ2) is 5.68. The molecule has 0 N–H and O–H groups in total. The average molecular weight is 367 g/mol. The average Bonchev–Trinajstić information content (AvgIpc) is 2.66. The van der Waals surface area contributed by atoms with Crippen molar-refractivity contribution in [3.05, 3.63) is 34.7 Å². The van der Waals surface area contributed by atoms with E-state index in [1.54, 1.807) is 18.2 Å². The number of aryl methyl sites for hydroxylation is 1. The summed E-state index contributed by atoms with van der Waals surface area (Å²) in [4.78, 5) is 0.496. The Morgan fingerprint density at radius 3 is 2.15 bits per heavy atom. The lowest BCUT2D eigenvalue weighted by Gasteiger charge is -2.13. The van der Waals surface area contributed by atoms with E-state index < -0.39 is 21.4 Å². The van der Waals surface area contributed by atoms with Gasteiger partial charge in [-0.1, -0.05) is 39.8 Å². The van der Waals surface area contributed by atoms with E-state index in [-0.39, 0.29) is 17.0 Å².